The Morgan fingerprint density at radius 1 is 1.59 bits per heavy atom. The minimum atomic E-state index is -1.00. The van der Waals surface area contributed by atoms with Crippen LogP contribution in [0.25, 0.3) is 0 Å². The molecule has 0 aliphatic heterocycles. The highest BCUT2D eigenvalue weighted by atomic mass is 16.6. The molecule has 0 saturated heterocycles. The van der Waals surface area contributed by atoms with E-state index in [-0.39, 0.29) is 29.9 Å². The first kappa shape index (κ1) is 12.4. The molecule has 0 atom stereocenters. The fourth-order valence-electron chi connectivity index (χ4n) is 1.21. The number of carboxylic acid groups (broad SMARTS) is 1. The summed E-state index contributed by atoms with van der Waals surface area (Å²) in [6.45, 7) is 0.0606. The zero-order chi connectivity index (χ0) is 12.8. The van der Waals surface area contributed by atoms with Gasteiger partial charge in [0.1, 0.15) is 5.69 Å². The number of anilines is 1. The van der Waals surface area contributed by atoms with Gasteiger partial charge < -0.3 is 10.4 Å². The van der Waals surface area contributed by atoms with Crippen LogP contribution < -0.4 is 5.32 Å². The van der Waals surface area contributed by atoms with Crippen molar-refractivity contribution >= 4 is 17.3 Å². The van der Waals surface area contributed by atoms with Crippen LogP contribution in [-0.4, -0.2) is 22.5 Å². The predicted octanol–water partition coefficient (Wildman–Crippen LogP) is 1.35. The lowest BCUT2D eigenvalue weighted by molar-refractivity contribution is -0.384. The molecule has 0 radical (unpaired) electrons. The second-order valence-electron chi connectivity index (χ2n) is 3.17. The molecule has 1 aromatic carbocycles. The summed E-state index contributed by atoms with van der Waals surface area (Å²) in [6.07, 6.45) is -0.159. The van der Waals surface area contributed by atoms with Crippen LogP contribution in [-0.2, 0) is 4.79 Å². The zero-order valence-electron chi connectivity index (χ0n) is 8.71. The summed E-state index contributed by atoms with van der Waals surface area (Å²) in [6, 6.07) is 5.72. The standard InChI is InChI=1S/C10H9N3O4/c11-6-7-1-2-9(13(16)17)8(5-7)12-4-3-10(14)15/h1-2,5,12H,3-4H2,(H,14,15). The van der Waals surface area contributed by atoms with E-state index in [4.69, 9.17) is 10.4 Å². The Morgan fingerprint density at radius 3 is 2.82 bits per heavy atom. The lowest BCUT2D eigenvalue weighted by atomic mass is 10.2. The third-order valence-corrected chi connectivity index (χ3v) is 1.98. The van der Waals surface area contributed by atoms with Crippen LogP contribution in [0.3, 0.4) is 0 Å². The number of nitro groups is 1. The molecule has 7 nitrogen and oxygen atoms in total. The molecular formula is C10H9N3O4. The van der Waals surface area contributed by atoms with Gasteiger partial charge in [0.2, 0.25) is 0 Å². The Morgan fingerprint density at radius 2 is 2.29 bits per heavy atom. The molecule has 0 spiro atoms. The molecule has 0 amide bonds. The van der Waals surface area contributed by atoms with Crippen molar-refractivity contribution < 1.29 is 14.8 Å². The van der Waals surface area contributed by atoms with E-state index in [9.17, 15) is 14.9 Å². The van der Waals surface area contributed by atoms with Crippen molar-refractivity contribution in [3.05, 3.63) is 33.9 Å². The second kappa shape index (κ2) is 5.46. The number of nitro benzene ring substituents is 1. The molecule has 0 bridgehead atoms. The average Bonchev–Trinajstić information content (AvgIpc) is 2.28. The summed E-state index contributed by atoms with van der Waals surface area (Å²) in [4.78, 5) is 20.4. The van der Waals surface area contributed by atoms with Crippen LogP contribution in [0.1, 0.15) is 12.0 Å². The normalized spacial score (nSPS) is 9.35. The van der Waals surface area contributed by atoms with Gasteiger partial charge in [-0.05, 0) is 12.1 Å². The van der Waals surface area contributed by atoms with E-state index in [2.05, 4.69) is 5.32 Å². The van der Waals surface area contributed by atoms with E-state index >= 15 is 0 Å². The highest BCUT2D eigenvalue weighted by molar-refractivity contribution is 5.69. The smallest absolute Gasteiger partial charge is 0.305 e. The quantitative estimate of drug-likeness (QED) is 0.587. The molecule has 0 saturated carbocycles. The summed E-state index contributed by atoms with van der Waals surface area (Å²) >= 11 is 0. The van der Waals surface area contributed by atoms with Crippen molar-refractivity contribution in [3.63, 3.8) is 0 Å². The van der Waals surface area contributed by atoms with E-state index in [1.165, 1.54) is 18.2 Å². The van der Waals surface area contributed by atoms with Gasteiger partial charge in [-0.25, -0.2) is 0 Å². The molecule has 17 heavy (non-hydrogen) atoms. The number of hydrogen-bond donors (Lipinski definition) is 2. The number of aliphatic carboxylic acids is 1. The molecule has 0 aromatic heterocycles. The summed E-state index contributed by atoms with van der Waals surface area (Å²) in [7, 11) is 0. The van der Waals surface area contributed by atoms with Gasteiger partial charge in [-0.3, -0.25) is 14.9 Å². The van der Waals surface area contributed by atoms with E-state index in [1.54, 1.807) is 0 Å². The predicted molar refractivity (Wildman–Crippen MR) is 58.6 cm³/mol. The van der Waals surface area contributed by atoms with E-state index in [0.717, 1.165) is 0 Å². The van der Waals surface area contributed by atoms with Gasteiger partial charge in [0.25, 0.3) is 5.69 Å². The number of hydrogen-bond acceptors (Lipinski definition) is 5. The zero-order valence-corrected chi connectivity index (χ0v) is 8.71. The highest BCUT2D eigenvalue weighted by Crippen LogP contribution is 2.25. The van der Waals surface area contributed by atoms with Crippen LogP contribution in [0.4, 0.5) is 11.4 Å². The average molecular weight is 235 g/mol. The van der Waals surface area contributed by atoms with Gasteiger partial charge in [-0.2, -0.15) is 5.26 Å². The van der Waals surface area contributed by atoms with Crippen LogP contribution in [0.2, 0.25) is 0 Å². The summed E-state index contributed by atoms with van der Waals surface area (Å²) < 4.78 is 0. The first-order chi connectivity index (χ1) is 8.04. The van der Waals surface area contributed by atoms with Crippen LogP contribution in [0.15, 0.2) is 18.2 Å². The van der Waals surface area contributed by atoms with Crippen molar-refractivity contribution in [1.82, 2.24) is 0 Å². The SMILES string of the molecule is N#Cc1ccc([N+](=O)[O-])c(NCCC(=O)O)c1. The third-order valence-electron chi connectivity index (χ3n) is 1.98. The maximum Gasteiger partial charge on any atom is 0.305 e. The number of rotatable bonds is 5. The Kier molecular flexibility index (Phi) is 4.00. The first-order valence-corrected chi connectivity index (χ1v) is 4.69. The van der Waals surface area contributed by atoms with E-state index in [0.29, 0.717) is 0 Å². The molecule has 88 valence electrons. The monoisotopic (exact) mass is 235 g/mol. The summed E-state index contributed by atoms with van der Waals surface area (Å²) in [5.41, 5.74) is 0.234. The molecule has 2 N–H and O–H groups in total. The number of nitrogens with zero attached hydrogens (tertiary/aromatic N) is 2. The van der Waals surface area contributed by atoms with Crippen LogP contribution >= 0.6 is 0 Å². The Hall–Kier alpha value is -2.62. The Labute approximate surface area is 96.4 Å². The lowest BCUT2D eigenvalue weighted by Crippen LogP contribution is -2.09. The van der Waals surface area contributed by atoms with Gasteiger partial charge in [0.15, 0.2) is 0 Å². The van der Waals surface area contributed by atoms with E-state index < -0.39 is 10.9 Å². The molecule has 0 aliphatic carbocycles. The van der Waals surface area contributed by atoms with Gasteiger partial charge in [0, 0.05) is 12.6 Å². The number of carbonyl (C=O) groups is 1. The Bertz CT molecular complexity index is 493. The highest BCUT2D eigenvalue weighted by Gasteiger charge is 2.13. The van der Waals surface area contributed by atoms with Crippen LogP contribution in [0, 0.1) is 21.4 Å². The maximum absolute atomic E-state index is 10.7. The molecule has 1 rings (SSSR count). The summed E-state index contributed by atoms with van der Waals surface area (Å²) in [5.74, 6) is -1.00. The number of nitriles is 1. The van der Waals surface area contributed by atoms with Crippen molar-refractivity contribution in [1.29, 1.82) is 5.26 Å². The molecule has 0 aliphatic rings. The fraction of sp³-hybridized carbons (Fsp3) is 0.200. The number of nitrogens with one attached hydrogen (secondary N) is 1. The maximum atomic E-state index is 10.7. The molecule has 7 heteroatoms. The van der Waals surface area contributed by atoms with Crippen LogP contribution in [0.5, 0.6) is 0 Å². The summed E-state index contributed by atoms with van der Waals surface area (Å²) in [5, 5.41) is 30.4. The first-order valence-electron chi connectivity index (χ1n) is 4.69. The van der Waals surface area contributed by atoms with Gasteiger partial charge >= 0.3 is 5.97 Å². The largest absolute Gasteiger partial charge is 0.481 e. The molecule has 0 unspecified atom stereocenters. The fourth-order valence-corrected chi connectivity index (χ4v) is 1.21. The number of carboxylic acids is 1. The van der Waals surface area contributed by atoms with Crippen molar-refractivity contribution in [2.75, 3.05) is 11.9 Å². The van der Waals surface area contributed by atoms with E-state index in [1.807, 2.05) is 6.07 Å². The van der Waals surface area contributed by atoms with Gasteiger partial charge in [-0.15, -0.1) is 0 Å². The lowest BCUT2D eigenvalue weighted by Gasteiger charge is -2.05. The van der Waals surface area contributed by atoms with Crippen molar-refractivity contribution in [2.24, 2.45) is 0 Å². The van der Waals surface area contributed by atoms with Crippen molar-refractivity contribution in [2.45, 2.75) is 6.42 Å². The minimum absolute atomic E-state index is 0.0606. The molecule has 0 fully saturated rings. The molecular weight excluding hydrogens is 226 g/mol. The second-order valence-corrected chi connectivity index (χ2v) is 3.17. The molecule has 0 heterocycles. The van der Waals surface area contributed by atoms with Gasteiger partial charge in [0.05, 0.1) is 23.0 Å². The molecule has 1 aromatic rings. The van der Waals surface area contributed by atoms with Crippen molar-refractivity contribution in [3.8, 4) is 6.07 Å². The third kappa shape index (κ3) is 3.46. The topological polar surface area (TPSA) is 116 Å². The number of benzene rings is 1. The van der Waals surface area contributed by atoms with Gasteiger partial charge in [-0.1, -0.05) is 0 Å². The Balaban J connectivity index is 2.90. The minimum Gasteiger partial charge on any atom is -0.481 e.